The van der Waals surface area contributed by atoms with E-state index in [0.29, 0.717) is 26.2 Å². The average Bonchev–Trinajstić information content (AvgIpc) is 3.36. The van der Waals surface area contributed by atoms with Gasteiger partial charge in [-0.25, -0.2) is 13.6 Å². The Kier molecular flexibility index (Phi) is 7.56. The molecule has 1 aromatic heterocycles. The lowest BCUT2D eigenvalue weighted by molar-refractivity contribution is 0.116. The van der Waals surface area contributed by atoms with Crippen LogP contribution in [-0.4, -0.2) is 58.8 Å². The van der Waals surface area contributed by atoms with Crippen molar-refractivity contribution in [1.82, 2.24) is 20.0 Å². The molecule has 3 aromatic rings. The van der Waals surface area contributed by atoms with Crippen molar-refractivity contribution in [1.29, 1.82) is 0 Å². The molecule has 2 heterocycles. The third kappa shape index (κ3) is 5.40. The number of hydrogen-bond donors (Lipinski definition) is 0. The van der Waals surface area contributed by atoms with E-state index in [1.165, 1.54) is 30.3 Å². The van der Waals surface area contributed by atoms with Gasteiger partial charge in [-0.3, -0.25) is 4.90 Å². The Balaban J connectivity index is 1.62. The number of halogens is 5. The summed E-state index contributed by atoms with van der Waals surface area (Å²) in [6.45, 7) is 4.81. The summed E-state index contributed by atoms with van der Waals surface area (Å²) in [4.78, 5) is 18.3. The molecule has 0 aliphatic carbocycles. The molecule has 12 heteroatoms. The summed E-state index contributed by atoms with van der Waals surface area (Å²) in [6, 6.07) is 7.58. The summed E-state index contributed by atoms with van der Waals surface area (Å²) in [5.74, 6) is -2.69. The van der Waals surface area contributed by atoms with Crippen molar-refractivity contribution in [3.8, 4) is 11.5 Å². The van der Waals surface area contributed by atoms with Crippen molar-refractivity contribution in [2.24, 2.45) is 0 Å². The number of carbonyl (C=O) groups is 1. The monoisotopic (exact) mass is 511 g/mol. The van der Waals surface area contributed by atoms with Gasteiger partial charge >= 0.3 is 12.5 Å². The van der Waals surface area contributed by atoms with Crippen LogP contribution in [0.4, 0.5) is 28.0 Å². The minimum atomic E-state index is -2.95. The van der Waals surface area contributed by atoms with E-state index in [1.54, 1.807) is 4.90 Å². The number of likely N-dealkylation sites (N-methyl/N-ethyl adjacent to an activating group) is 1. The second-order valence-corrected chi connectivity index (χ2v) is 8.32. The molecule has 0 N–H and O–H groups in total. The van der Waals surface area contributed by atoms with Crippen LogP contribution in [-0.2, 0) is 6.54 Å². The Morgan fingerprint density at radius 2 is 1.89 bits per heavy atom. The summed E-state index contributed by atoms with van der Waals surface area (Å²) in [5, 5.41) is 6.57. The highest BCUT2D eigenvalue weighted by molar-refractivity contribution is 6.31. The zero-order chi connectivity index (χ0) is 25.1. The second kappa shape index (κ2) is 10.6. The molecule has 1 fully saturated rings. The smallest absolute Gasteiger partial charge is 0.324 e. The maximum absolute atomic E-state index is 15.0. The van der Waals surface area contributed by atoms with Crippen LogP contribution in [0, 0.1) is 11.6 Å². The first-order valence-corrected chi connectivity index (χ1v) is 11.3. The fourth-order valence-corrected chi connectivity index (χ4v) is 3.97. The van der Waals surface area contributed by atoms with Gasteiger partial charge in [0.2, 0.25) is 5.89 Å². The maximum Gasteiger partial charge on any atom is 0.324 e. The molecular weight excluding hydrogens is 490 g/mol. The van der Waals surface area contributed by atoms with Crippen LogP contribution in [0.2, 0.25) is 5.02 Å². The Morgan fingerprint density at radius 3 is 2.51 bits per heavy atom. The van der Waals surface area contributed by atoms with E-state index in [1.807, 2.05) is 6.92 Å². The van der Waals surface area contributed by atoms with Crippen LogP contribution in [0.15, 0.2) is 40.8 Å². The molecule has 0 spiro atoms. The molecule has 7 nitrogen and oxygen atoms in total. The number of rotatable bonds is 6. The molecule has 35 heavy (non-hydrogen) atoms. The van der Waals surface area contributed by atoms with Crippen LogP contribution >= 0.6 is 11.6 Å². The summed E-state index contributed by atoms with van der Waals surface area (Å²) in [6.07, 6.45) is -2.95. The number of carbonyl (C=O) groups excluding carboxylic acids is 1. The summed E-state index contributed by atoms with van der Waals surface area (Å²) >= 11 is 5.95. The molecule has 0 bridgehead atoms. The largest absolute Gasteiger partial charge is 0.415 e. The van der Waals surface area contributed by atoms with E-state index < -0.39 is 30.0 Å². The van der Waals surface area contributed by atoms with E-state index in [4.69, 9.17) is 16.0 Å². The van der Waals surface area contributed by atoms with Gasteiger partial charge in [0.15, 0.2) is 5.82 Å². The van der Waals surface area contributed by atoms with Crippen molar-refractivity contribution in [3.05, 3.63) is 64.5 Å². The number of benzene rings is 2. The number of urea groups is 1. The van der Waals surface area contributed by atoms with E-state index in [0.717, 1.165) is 17.5 Å². The van der Waals surface area contributed by atoms with Gasteiger partial charge in [-0.1, -0.05) is 30.7 Å². The Morgan fingerprint density at radius 1 is 1.14 bits per heavy atom. The second-order valence-electron chi connectivity index (χ2n) is 7.92. The first-order valence-electron chi connectivity index (χ1n) is 10.9. The highest BCUT2D eigenvalue weighted by atomic mass is 35.5. The first-order chi connectivity index (χ1) is 16.8. The quantitative estimate of drug-likeness (QED) is 0.416. The lowest BCUT2D eigenvalue weighted by Gasteiger charge is -2.37. The first kappa shape index (κ1) is 24.9. The third-order valence-electron chi connectivity index (χ3n) is 5.80. The van der Waals surface area contributed by atoms with Crippen LogP contribution in [0.3, 0.4) is 0 Å². The predicted molar refractivity (Wildman–Crippen MR) is 121 cm³/mol. The molecule has 2 amide bonds. The van der Waals surface area contributed by atoms with Gasteiger partial charge in [0.25, 0.3) is 5.89 Å². The lowest BCUT2D eigenvalue weighted by Crippen LogP contribution is -2.52. The predicted octanol–water partition coefficient (Wildman–Crippen LogP) is 5.37. The SMILES string of the molecule is CCN1CCN(C(=O)N(Cc2ccc(-c3nnc(C(F)F)o3)cc2F)c2cccc(Cl)c2F)CC1. The molecule has 1 aliphatic heterocycles. The van der Waals surface area contributed by atoms with Crippen LogP contribution < -0.4 is 4.90 Å². The van der Waals surface area contributed by atoms with E-state index >= 15 is 4.39 Å². The minimum absolute atomic E-state index is 0.0715. The Hall–Kier alpha value is -3.18. The fraction of sp³-hybridized carbons (Fsp3) is 0.348. The number of anilines is 1. The van der Waals surface area contributed by atoms with E-state index in [-0.39, 0.29) is 34.3 Å². The highest BCUT2D eigenvalue weighted by Gasteiger charge is 2.29. The van der Waals surface area contributed by atoms with Gasteiger partial charge in [0, 0.05) is 37.3 Å². The number of hydrogen-bond acceptors (Lipinski definition) is 5. The number of aromatic nitrogens is 2. The van der Waals surface area contributed by atoms with Gasteiger partial charge in [0.05, 0.1) is 17.3 Å². The summed E-state index contributed by atoms with van der Waals surface area (Å²) in [7, 11) is 0. The topological polar surface area (TPSA) is 65.7 Å². The fourth-order valence-electron chi connectivity index (χ4n) is 3.80. The van der Waals surface area contributed by atoms with E-state index in [2.05, 4.69) is 15.1 Å². The molecule has 4 rings (SSSR count). The Bertz CT molecular complexity index is 1200. The minimum Gasteiger partial charge on any atom is -0.415 e. The standard InChI is InChI=1S/C23H22ClF4N5O2/c1-2-31-8-10-32(11-9-31)23(34)33(18-5-3-4-16(24)19(18)26)13-15-7-6-14(12-17(15)25)21-29-30-22(35-21)20(27)28/h3-7,12,20H,2,8-11,13H2,1H3. The zero-order valence-electron chi connectivity index (χ0n) is 18.7. The van der Waals surface area contributed by atoms with Crippen molar-refractivity contribution in [2.45, 2.75) is 19.9 Å². The molecule has 0 radical (unpaired) electrons. The molecule has 186 valence electrons. The molecule has 0 atom stereocenters. The van der Waals surface area contributed by atoms with Crippen molar-refractivity contribution >= 4 is 23.3 Å². The van der Waals surface area contributed by atoms with E-state index in [9.17, 15) is 18.0 Å². The Labute approximate surface area is 203 Å². The summed E-state index contributed by atoms with van der Waals surface area (Å²) < 4.78 is 60.3. The molecule has 0 saturated carbocycles. The van der Waals surface area contributed by atoms with Crippen LogP contribution in [0.1, 0.15) is 24.8 Å². The number of nitrogens with zero attached hydrogens (tertiary/aromatic N) is 5. The molecule has 1 aliphatic rings. The van der Waals surface area contributed by atoms with Crippen LogP contribution in [0.25, 0.3) is 11.5 Å². The average molecular weight is 512 g/mol. The third-order valence-corrected chi connectivity index (χ3v) is 6.09. The van der Waals surface area contributed by atoms with Gasteiger partial charge in [0.1, 0.15) is 5.82 Å². The van der Waals surface area contributed by atoms with Gasteiger partial charge < -0.3 is 14.2 Å². The van der Waals surface area contributed by atoms with Gasteiger partial charge in [-0.15, -0.1) is 10.2 Å². The normalized spacial score (nSPS) is 14.5. The lowest BCUT2D eigenvalue weighted by atomic mass is 10.1. The molecular formula is C23H22ClF4N5O2. The number of alkyl halides is 2. The van der Waals surface area contributed by atoms with Gasteiger partial charge in [-0.2, -0.15) is 8.78 Å². The van der Waals surface area contributed by atoms with Crippen molar-refractivity contribution in [2.75, 3.05) is 37.6 Å². The maximum atomic E-state index is 15.0. The number of amides is 2. The van der Waals surface area contributed by atoms with Gasteiger partial charge in [-0.05, 0) is 30.8 Å². The highest BCUT2D eigenvalue weighted by Crippen LogP contribution is 2.30. The van der Waals surface area contributed by atoms with Crippen molar-refractivity contribution in [3.63, 3.8) is 0 Å². The zero-order valence-corrected chi connectivity index (χ0v) is 19.5. The molecule has 1 saturated heterocycles. The van der Waals surface area contributed by atoms with Crippen LogP contribution in [0.5, 0.6) is 0 Å². The number of piperazine rings is 1. The van der Waals surface area contributed by atoms with Crippen molar-refractivity contribution < 1.29 is 26.8 Å². The summed E-state index contributed by atoms with van der Waals surface area (Å²) in [5.41, 5.74) is 0.0813. The molecule has 2 aromatic carbocycles. The molecule has 0 unspecified atom stereocenters.